The summed E-state index contributed by atoms with van der Waals surface area (Å²) in [5, 5.41) is 0. The van der Waals surface area contributed by atoms with Crippen molar-refractivity contribution in [3.63, 3.8) is 0 Å². The first kappa shape index (κ1) is 16.6. The molecule has 15 heavy (non-hydrogen) atoms. The van der Waals surface area contributed by atoms with Gasteiger partial charge in [-0.1, -0.05) is 27.7 Å². The van der Waals surface area contributed by atoms with Gasteiger partial charge in [0.1, 0.15) is 6.29 Å². The molecule has 0 unspecified atom stereocenters. The Kier molecular flexibility index (Phi) is 12.4. The molecule has 0 aromatic heterocycles. The first-order chi connectivity index (χ1) is 6.93. The molecule has 90 valence electrons. The third-order valence-corrected chi connectivity index (χ3v) is 1.45. The predicted molar refractivity (Wildman–Crippen MR) is 61.6 cm³/mol. The molecule has 3 heteroatoms. The van der Waals surface area contributed by atoms with E-state index in [2.05, 4.69) is 0 Å². The average molecular weight is 216 g/mol. The Morgan fingerprint density at radius 2 is 1.73 bits per heavy atom. The minimum absolute atomic E-state index is 0.0903. The lowest BCUT2D eigenvalue weighted by molar-refractivity contribution is -0.143. The summed E-state index contributed by atoms with van der Waals surface area (Å²) < 4.78 is 4.71. The molecule has 0 heterocycles. The molecule has 0 saturated carbocycles. The maximum absolute atomic E-state index is 10.6. The fourth-order valence-corrected chi connectivity index (χ4v) is 0.746. The number of esters is 1. The first-order valence-corrected chi connectivity index (χ1v) is 5.53. The van der Waals surface area contributed by atoms with Crippen LogP contribution in [-0.2, 0) is 14.3 Å². The fraction of sp³-hybridized carbons (Fsp3) is 0.833. The SMILES string of the molecule is CC(C)CC=O.CCOC(=O)CC(C)C. The number of rotatable bonds is 5. The van der Waals surface area contributed by atoms with Crippen LogP contribution in [0.5, 0.6) is 0 Å². The topological polar surface area (TPSA) is 43.4 Å². The predicted octanol–water partition coefficient (Wildman–Crippen LogP) is 2.83. The van der Waals surface area contributed by atoms with Crippen LogP contribution in [0.15, 0.2) is 0 Å². The Labute approximate surface area is 93.2 Å². The molecule has 0 rings (SSSR count). The average Bonchev–Trinajstić information content (AvgIpc) is 2.03. The van der Waals surface area contributed by atoms with Gasteiger partial charge in [0.05, 0.1) is 6.61 Å². The van der Waals surface area contributed by atoms with E-state index in [1.54, 1.807) is 0 Å². The zero-order valence-electron chi connectivity index (χ0n) is 10.6. The van der Waals surface area contributed by atoms with Crippen LogP contribution in [0.3, 0.4) is 0 Å². The molecule has 0 atom stereocenters. The summed E-state index contributed by atoms with van der Waals surface area (Å²) in [6, 6.07) is 0. The van der Waals surface area contributed by atoms with E-state index in [1.807, 2.05) is 34.6 Å². The van der Waals surface area contributed by atoms with Gasteiger partial charge in [0.15, 0.2) is 0 Å². The normalized spacial score (nSPS) is 9.53. The largest absolute Gasteiger partial charge is 0.466 e. The molecular formula is C12H24O3. The molecule has 0 saturated heterocycles. The summed E-state index contributed by atoms with van der Waals surface area (Å²) in [4.78, 5) is 20.2. The second-order valence-electron chi connectivity index (χ2n) is 4.20. The third-order valence-electron chi connectivity index (χ3n) is 1.45. The van der Waals surface area contributed by atoms with Crippen molar-refractivity contribution in [2.24, 2.45) is 11.8 Å². The number of aldehydes is 1. The number of hydrogen-bond donors (Lipinski definition) is 0. The molecular weight excluding hydrogens is 192 g/mol. The van der Waals surface area contributed by atoms with Gasteiger partial charge in [0.2, 0.25) is 0 Å². The van der Waals surface area contributed by atoms with Gasteiger partial charge < -0.3 is 9.53 Å². The van der Waals surface area contributed by atoms with Crippen LogP contribution < -0.4 is 0 Å². The van der Waals surface area contributed by atoms with Crippen molar-refractivity contribution in [2.75, 3.05) is 6.61 Å². The van der Waals surface area contributed by atoms with Crippen LogP contribution in [0, 0.1) is 11.8 Å². The van der Waals surface area contributed by atoms with Crippen molar-refractivity contribution in [1.29, 1.82) is 0 Å². The van der Waals surface area contributed by atoms with Gasteiger partial charge in [0, 0.05) is 12.8 Å². The van der Waals surface area contributed by atoms with Gasteiger partial charge in [-0.25, -0.2) is 0 Å². The molecule has 0 N–H and O–H groups in total. The molecule has 0 spiro atoms. The number of ether oxygens (including phenoxy) is 1. The lowest BCUT2D eigenvalue weighted by atomic mass is 10.1. The van der Waals surface area contributed by atoms with Crippen LogP contribution >= 0.6 is 0 Å². The van der Waals surface area contributed by atoms with Crippen LogP contribution in [0.4, 0.5) is 0 Å². The lowest BCUT2D eigenvalue weighted by Gasteiger charge is -2.02. The Bertz CT molecular complexity index is 162. The Balaban J connectivity index is 0. The van der Waals surface area contributed by atoms with Gasteiger partial charge in [-0.2, -0.15) is 0 Å². The summed E-state index contributed by atoms with van der Waals surface area (Å²) in [7, 11) is 0. The van der Waals surface area contributed by atoms with Crippen LogP contribution in [-0.4, -0.2) is 18.9 Å². The second kappa shape index (κ2) is 11.2. The van der Waals surface area contributed by atoms with E-state index in [9.17, 15) is 9.59 Å². The molecule has 0 aliphatic rings. The monoisotopic (exact) mass is 216 g/mol. The highest BCUT2D eigenvalue weighted by molar-refractivity contribution is 5.69. The number of carbonyl (C=O) groups is 2. The van der Waals surface area contributed by atoms with Gasteiger partial charge in [0.25, 0.3) is 0 Å². The van der Waals surface area contributed by atoms with Crippen LogP contribution in [0.2, 0.25) is 0 Å². The van der Waals surface area contributed by atoms with Crippen molar-refractivity contribution < 1.29 is 14.3 Å². The molecule has 0 aromatic rings. The van der Waals surface area contributed by atoms with Gasteiger partial charge >= 0.3 is 5.97 Å². The maximum Gasteiger partial charge on any atom is 0.306 e. The highest BCUT2D eigenvalue weighted by Crippen LogP contribution is 1.99. The van der Waals surface area contributed by atoms with Crippen LogP contribution in [0.25, 0.3) is 0 Å². The zero-order valence-corrected chi connectivity index (χ0v) is 10.6. The smallest absolute Gasteiger partial charge is 0.306 e. The number of carbonyl (C=O) groups excluding carboxylic acids is 2. The van der Waals surface area contributed by atoms with Crippen molar-refractivity contribution >= 4 is 12.3 Å². The zero-order chi connectivity index (χ0) is 12.3. The quantitative estimate of drug-likeness (QED) is 0.524. The first-order valence-electron chi connectivity index (χ1n) is 5.53. The van der Waals surface area contributed by atoms with Crippen molar-refractivity contribution in [1.82, 2.24) is 0 Å². The highest BCUT2D eigenvalue weighted by atomic mass is 16.5. The minimum atomic E-state index is -0.0903. The van der Waals surface area contributed by atoms with E-state index < -0.39 is 0 Å². The van der Waals surface area contributed by atoms with E-state index in [0.29, 0.717) is 31.3 Å². The van der Waals surface area contributed by atoms with E-state index in [1.165, 1.54) is 0 Å². The second-order valence-corrected chi connectivity index (χ2v) is 4.20. The van der Waals surface area contributed by atoms with E-state index in [-0.39, 0.29) is 5.97 Å². The van der Waals surface area contributed by atoms with Crippen molar-refractivity contribution in [3.05, 3.63) is 0 Å². The van der Waals surface area contributed by atoms with Crippen molar-refractivity contribution in [3.8, 4) is 0 Å². The van der Waals surface area contributed by atoms with E-state index >= 15 is 0 Å². The third kappa shape index (κ3) is 19.5. The molecule has 0 bridgehead atoms. The minimum Gasteiger partial charge on any atom is -0.466 e. The standard InChI is InChI=1S/C7H14O2.C5H10O/c1-4-9-7(8)5-6(2)3;1-5(2)3-4-6/h6H,4-5H2,1-3H3;4-5H,3H2,1-2H3. The summed E-state index contributed by atoms with van der Waals surface area (Å²) in [6.07, 6.45) is 2.18. The van der Waals surface area contributed by atoms with E-state index in [4.69, 9.17) is 4.74 Å². The Hall–Kier alpha value is -0.860. The highest BCUT2D eigenvalue weighted by Gasteiger charge is 2.03. The summed E-state index contributed by atoms with van der Waals surface area (Å²) in [6.45, 7) is 10.3. The van der Waals surface area contributed by atoms with Crippen LogP contribution in [0.1, 0.15) is 47.5 Å². The molecule has 0 amide bonds. The lowest BCUT2D eigenvalue weighted by Crippen LogP contribution is -2.06. The van der Waals surface area contributed by atoms with Crippen molar-refractivity contribution in [2.45, 2.75) is 47.5 Å². The maximum atomic E-state index is 10.6. The number of hydrogen-bond acceptors (Lipinski definition) is 3. The molecule has 0 aromatic carbocycles. The Morgan fingerprint density at radius 1 is 1.20 bits per heavy atom. The van der Waals surface area contributed by atoms with Gasteiger partial charge in [-0.15, -0.1) is 0 Å². The molecule has 0 aliphatic carbocycles. The summed E-state index contributed by atoms with van der Waals surface area (Å²) >= 11 is 0. The molecule has 0 radical (unpaired) electrons. The van der Waals surface area contributed by atoms with Gasteiger partial charge in [-0.05, 0) is 18.8 Å². The Morgan fingerprint density at radius 3 is 1.93 bits per heavy atom. The molecule has 3 nitrogen and oxygen atoms in total. The molecule has 0 aliphatic heterocycles. The summed E-state index contributed by atoms with van der Waals surface area (Å²) in [5.41, 5.74) is 0. The van der Waals surface area contributed by atoms with E-state index in [0.717, 1.165) is 6.29 Å². The molecule has 0 fully saturated rings. The summed E-state index contributed by atoms with van der Waals surface area (Å²) in [5.74, 6) is 0.846. The fourth-order valence-electron chi connectivity index (χ4n) is 0.746. The van der Waals surface area contributed by atoms with Gasteiger partial charge in [-0.3, -0.25) is 4.79 Å².